The van der Waals surface area contributed by atoms with Crippen LogP contribution in [0.4, 0.5) is 10.1 Å². The van der Waals surface area contributed by atoms with Gasteiger partial charge in [0.25, 0.3) is 5.91 Å². The number of methoxy groups -OCH3 is 3. The van der Waals surface area contributed by atoms with E-state index in [1.807, 2.05) is 24.3 Å². The number of amides is 2. The molecule has 5 rings (SSSR count). The summed E-state index contributed by atoms with van der Waals surface area (Å²) in [7, 11) is 4.65. The van der Waals surface area contributed by atoms with E-state index < -0.39 is 12.0 Å². The summed E-state index contributed by atoms with van der Waals surface area (Å²) in [5.74, 6) is 0.0218. The number of rotatable bonds is 8. The molecule has 2 atom stereocenters. The van der Waals surface area contributed by atoms with Crippen molar-refractivity contribution in [1.29, 1.82) is 0 Å². The zero-order chi connectivity index (χ0) is 28.2. The number of carbonyl (C=O) groups is 2. The van der Waals surface area contributed by atoms with Gasteiger partial charge in [0.15, 0.2) is 0 Å². The zero-order valence-electron chi connectivity index (χ0n) is 22.4. The minimum atomic E-state index is -0.769. The zero-order valence-corrected chi connectivity index (χ0v) is 22.4. The van der Waals surface area contributed by atoms with Crippen LogP contribution in [0, 0.1) is 5.82 Å². The molecule has 4 aromatic rings. The molecule has 4 aromatic carbocycles. The molecule has 0 saturated heterocycles. The second kappa shape index (κ2) is 11.5. The van der Waals surface area contributed by atoms with Gasteiger partial charge < -0.3 is 24.4 Å². The van der Waals surface area contributed by atoms with E-state index >= 15 is 0 Å². The Labute approximate surface area is 232 Å². The van der Waals surface area contributed by atoms with Gasteiger partial charge in [0.2, 0.25) is 5.91 Å². The highest BCUT2D eigenvalue weighted by Gasteiger charge is 2.44. The van der Waals surface area contributed by atoms with Crippen LogP contribution in [0.1, 0.15) is 39.0 Å². The molecule has 1 N–H and O–H groups in total. The highest BCUT2D eigenvalue weighted by molar-refractivity contribution is 6.04. The van der Waals surface area contributed by atoms with E-state index in [0.717, 1.165) is 11.1 Å². The molecule has 204 valence electrons. The summed E-state index contributed by atoms with van der Waals surface area (Å²) in [5.41, 5.74) is 3.03. The van der Waals surface area contributed by atoms with Crippen molar-refractivity contribution in [3.63, 3.8) is 0 Å². The molecule has 2 amide bonds. The number of carbonyl (C=O) groups excluding carboxylic acids is 2. The molecule has 0 spiro atoms. The molecular weight excluding hydrogens is 511 g/mol. The first-order valence-corrected chi connectivity index (χ1v) is 12.7. The summed E-state index contributed by atoms with van der Waals surface area (Å²) in [5, 5.41) is 3.02. The van der Waals surface area contributed by atoms with E-state index in [1.54, 1.807) is 73.7 Å². The molecule has 0 saturated carbocycles. The topological polar surface area (TPSA) is 77.1 Å². The maximum Gasteiger partial charge on any atom is 0.255 e. The third-order valence-corrected chi connectivity index (χ3v) is 7.11. The van der Waals surface area contributed by atoms with Crippen LogP contribution in [0.5, 0.6) is 17.2 Å². The van der Waals surface area contributed by atoms with Gasteiger partial charge in [0.1, 0.15) is 23.1 Å². The number of nitrogens with zero attached hydrogens (tertiary/aromatic N) is 1. The average Bonchev–Trinajstić information content (AvgIpc) is 2.99. The van der Waals surface area contributed by atoms with Crippen molar-refractivity contribution in [2.75, 3.05) is 26.6 Å². The van der Waals surface area contributed by atoms with E-state index in [-0.39, 0.29) is 24.2 Å². The Morgan fingerprint density at radius 3 is 2.20 bits per heavy atom. The van der Waals surface area contributed by atoms with Gasteiger partial charge in [-0.25, -0.2) is 4.39 Å². The molecule has 40 heavy (non-hydrogen) atoms. The van der Waals surface area contributed by atoms with E-state index in [2.05, 4.69) is 5.32 Å². The number of halogens is 1. The minimum absolute atomic E-state index is 0.180. The molecule has 1 aliphatic rings. The van der Waals surface area contributed by atoms with Crippen molar-refractivity contribution in [1.82, 2.24) is 4.90 Å². The quantitative estimate of drug-likeness (QED) is 0.298. The molecule has 1 aliphatic heterocycles. The largest absolute Gasteiger partial charge is 0.497 e. The lowest BCUT2D eigenvalue weighted by Gasteiger charge is -2.42. The third kappa shape index (κ3) is 5.20. The lowest BCUT2D eigenvalue weighted by molar-refractivity contribution is -0.119. The first kappa shape index (κ1) is 26.7. The van der Waals surface area contributed by atoms with Crippen LogP contribution in [-0.4, -0.2) is 38.0 Å². The van der Waals surface area contributed by atoms with Gasteiger partial charge in [-0.1, -0.05) is 42.5 Å². The van der Waals surface area contributed by atoms with Crippen molar-refractivity contribution in [2.45, 2.75) is 18.5 Å². The van der Waals surface area contributed by atoms with Crippen molar-refractivity contribution in [3.05, 3.63) is 119 Å². The van der Waals surface area contributed by atoms with Gasteiger partial charge in [-0.3, -0.25) is 9.59 Å². The molecule has 0 unspecified atom stereocenters. The fourth-order valence-corrected chi connectivity index (χ4v) is 5.12. The second-order valence-electron chi connectivity index (χ2n) is 9.40. The molecule has 1 heterocycles. The smallest absolute Gasteiger partial charge is 0.255 e. The maximum absolute atomic E-state index is 14.2. The van der Waals surface area contributed by atoms with Gasteiger partial charge in [-0.2, -0.15) is 0 Å². The Hall–Kier alpha value is -4.85. The van der Waals surface area contributed by atoms with E-state index in [4.69, 9.17) is 14.2 Å². The highest BCUT2D eigenvalue weighted by Crippen LogP contribution is 2.45. The van der Waals surface area contributed by atoms with Crippen molar-refractivity contribution < 1.29 is 28.2 Å². The molecule has 0 bridgehead atoms. The Morgan fingerprint density at radius 1 is 0.850 bits per heavy atom. The number of ether oxygens (including phenoxy) is 3. The Bertz CT molecular complexity index is 1520. The summed E-state index contributed by atoms with van der Waals surface area (Å²) in [6.45, 7) is 0.180. The lowest BCUT2D eigenvalue weighted by Crippen LogP contribution is -2.45. The Kier molecular flexibility index (Phi) is 7.68. The Balaban J connectivity index is 1.63. The minimum Gasteiger partial charge on any atom is -0.497 e. The summed E-state index contributed by atoms with van der Waals surface area (Å²) >= 11 is 0. The van der Waals surface area contributed by atoms with Gasteiger partial charge in [0.05, 0.1) is 39.0 Å². The van der Waals surface area contributed by atoms with Gasteiger partial charge in [0, 0.05) is 18.2 Å². The van der Waals surface area contributed by atoms with Crippen LogP contribution in [0.25, 0.3) is 0 Å². The third-order valence-electron chi connectivity index (χ3n) is 7.11. The summed E-state index contributed by atoms with van der Waals surface area (Å²) in [6, 6.07) is 25.0. The standard InChI is InChI=1S/C32H29FN2O5/c1-38-23-14-10-21(11-15-23)30-29(31(36)34-27-17-16-24(39-2)18-28(27)40-3)25-6-4-5-7-26(25)32(37)35(30)19-20-8-12-22(33)13-9-20/h4-18,29-30H,19H2,1-3H3,(H,34,36)/t29-,30-/m0/s1. The number of hydrogen-bond acceptors (Lipinski definition) is 5. The van der Waals surface area contributed by atoms with Crippen molar-refractivity contribution in [3.8, 4) is 17.2 Å². The van der Waals surface area contributed by atoms with Crippen LogP contribution < -0.4 is 19.5 Å². The highest BCUT2D eigenvalue weighted by atomic mass is 19.1. The van der Waals surface area contributed by atoms with Gasteiger partial charge >= 0.3 is 0 Å². The SMILES string of the molecule is COc1ccc([C@H]2[C@@H](C(=O)Nc3ccc(OC)cc3OC)c3ccccc3C(=O)N2Cc2ccc(F)cc2)cc1. The monoisotopic (exact) mass is 540 g/mol. The normalized spacial score (nSPS) is 16.2. The average molecular weight is 541 g/mol. The number of hydrogen-bond donors (Lipinski definition) is 1. The fourth-order valence-electron chi connectivity index (χ4n) is 5.12. The first-order valence-electron chi connectivity index (χ1n) is 12.7. The summed E-state index contributed by atoms with van der Waals surface area (Å²) in [6.07, 6.45) is 0. The molecule has 7 nitrogen and oxygen atoms in total. The molecular formula is C32H29FN2O5. The molecule has 0 aromatic heterocycles. The van der Waals surface area contributed by atoms with Crippen LogP contribution in [-0.2, 0) is 11.3 Å². The second-order valence-corrected chi connectivity index (χ2v) is 9.40. The van der Waals surface area contributed by atoms with Crippen LogP contribution in [0.2, 0.25) is 0 Å². The van der Waals surface area contributed by atoms with E-state index in [0.29, 0.717) is 34.1 Å². The predicted octanol–water partition coefficient (Wildman–Crippen LogP) is 5.97. The molecule has 8 heteroatoms. The van der Waals surface area contributed by atoms with Crippen molar-refractivity contribution in [2.24, 2.45) is 0 Å². The number of nitrogens with one attached hydrogen (secondary N) is 1. The Morgan fingerprint density at radius 2 is 1.52 bits per heavy atom. The van der Waals surface area contributed by atoms with Crippen LogP contribution in [0.3, 0.4) is 0 Å². The number of benzene rings is 4. The number of anilines is 1. The first-order chi connectivity index (χ1) is 19.4. The lowest BCUT2D eigenvalue weighted by atomic mass is 9.79. The number of fused-ring (bicyclic) bond motifs is 1. The van der Waals surface area contributed by atoms with Crippen LogP contribution >= 0.6 is 0 Å². The molecule has 0 aliphatic carbocycles. The van der Waals surface area contributed by atoms with Gasteiger partial charge in [-0.15, -0.1) is 0 Å². The van der Waals surface area contributed by atoms with Crippen molar-refractivity contribution >= 4 is 17.5 Å². The molecule has 0 radical (unpaired) electrons. The van der Waals surface area contributed by atoms with Crippen LogP contribution in [0.15, 0.2) is 91.0 Å². The van der Waals surface area contributed by atoms with Gasteiger partial charge in [-0.05, 0) is 59.2 Å². The predicted molar refractivity (Wildman–Crippen MR) is 149 cm³/mol. The van der Waals surface area contributed by atoms with E-state index in [9.17, 15) is 14.0 Å². The summed E-state index contributed by atoms with van der Waals surface area (Å²) < 4.78 is 29.8. The molecule has 0 fully saturated rings. The van der Waals surface area contributed by atoms with E-state index in [1.165, 1.54) is 19.2 Å². The maximum atomic E-state index is 14.2. The fraction of sp³-hybridized carbons (Fsp3) is 0.188. The summed E-state index contributed by atoms with van der Waals surface area (Å²) in [4.78, 5) is 29.8.